The normalized spacial score (nSPS) is 20.6. The van der Waals surface area contributed by atoms with E-state index in [9.17, 15) is 0 Å². The summed E-state index contributed by atoms with van der Waals surface area (Å²) in [6, 6.07) is 0.517. The first-order valence-corrected chi connectivity index (χ1v) is 8.64. The van der Waals surface area contributed by atoms with Crippen LogP contribution in [0.1, 0.15) is 22.5 Å². The van der Waals surface area contributed by atoms with Gasteiger partial charge in [-0.1, -0.05) is 0 Å². The van der Waals surface area contributed by atoms with Crippen molar-refractivity contribution in [2.24, 2.45) is 0 Å². The number of aryl methyl sites for hydroxylation is 2. The molecule has 3 heterocycles. The molecule has 1 atom stereocenters. The Morgan fingerprint density at radius 2 is 2.20 bits per heavy atom. The fourth-order valence-electron chi connectivity index (χ4n) is 2.63. The van der Waals surface area contributed by atoms with Crippen molar-refractivity contribution in [2.75, 3.05) is 24.5 Å². The minimum Gasteiger partial charge on any atom is -0.343 e. The van der Waals surface area contributed by atoms with Gasteiger partial charge in [-0.3, -0.25) is 4.90 Å². The molecule has 0 bridgehead atoms. The van der Waals surface area contributed by atoms with Gasteiger partial charge in [0.25, 0.3) is 0 Å². The molecule has 4 nitrogen and oxygen atoms in total. The highest BCUT2D eigenvalue weighted by Gasteiger charge is 2.25. The van der Waals surface area contributed by atoms with E-state index < -0.39 is 0 Å². The lowest BCUT2D eigenvalue weighted by atomic mass is 10.2. The second kappa shape index (κ2) is 5.79. The first kappa shape index (κ1) is 14.0. The molecular formula is C14H20N4S2. The molecule has 0 radical (unpaired) electrons. The van der Waals surface area contributed by atoms with Gasteiger partial charge in [-0.2, -0.15) is 0 Å². The van der Waals surface area contributed by atoms with E-state index in [-0.39, 0.29) is 0 Å². The standard InChI is InChI=1S/C14H20N4S2/c1-10-9-19-14(16-10)18-5-4-17(7-11(18)2)8-13-6-15-12(3)20-13/h6,9,11H,4-5,7-8H2,1-3H3/t11-/m1/s1. The lowest BCUT2D eigenvalue weighted by Gasteiger charge is -2.39. The van der Waals surface area contributed by atoms with Crippen molar-refractivity contribution in [3.8, 4) is 0 Å². The van der Waals surface area contributed by atoms with Gasteiger partial charge >= 0.3 is 0 Å². The SMILES string of the molecule is Cc1csc(N2CCN(Cc3cnc(C)s3)C[C@H]2C)n1. The number of rotatable bonds is 3. The summed E-state index contributed by atoms with van der Waals surface area (Å²) < 4.78 is 0. The van der Waals surface area contributed by atoms with Crippen LogP contribution in [-0.4, -0.2) is 40.5 Å². The number of piperazine rings is 1. The van der Waals surface area contributed by atoms with Gasteiger partial charge in [0.2, 0.25) is 0 Å². The molecular weight excluding hydrogens is 288 g/mol. The van der Waals surface area contributed by atoms with Gasteiger partial charge in [0.1, 0.15) is 0 Å². The smallest absolute Gasteiger partial charge is 0.185 e. The third-order valence-corrected chi connectivity index (χ3v) is 5.51. The molecule has 0 unspecified atom stereocenters. The molecule has 2 aromatic heterocycles. The zero-order chi connectivity index (χ0) is 14.1. The van der Waals surface area contributed by atoms with Crippen molar-refractivity contribution in [3.05, 3.63) is 27.2 Å². The summed E-state index contributed by atoms with van der Waals surface area (Å²) in [7, 11) is 0. The molecule has 6 heteroatoms. The Morgan fingerprint density at radius 1 is 1.35 bits per heavy atom. The summed E-state index contributed by atoms with van der Waals surface area (Å²) in [6.45, 7) is 10.7. The van der Waals surface area contributed by atoms with Crippen LogP contribution in [0.4, 0.5) is 5.13 Å². The number of nitrogens with zero attached hydrogens (tertiary/aromatic N) is 4. The Kier molecular flexibility index (Phi) is 4.05. The molecule has 1 fully saturated rings. The summed E-state index contributed by atoms with van der Waals surface area (Å²) in [5, 5.41) is 4.46. The molecule has 0 aliphatic carbocycles. The lowest BCUT2D eigenvalue weighted by Crippen LogP contribution is -2.51. The molecule has 0 N–H and O–H groups in total. The van der Waals surface area contributed by atoms with E-state index in [0.717, 1.165) is 36.9 Å². The zero-order valence-electron chi connectivity index (χ0n) is 12.2. The van der Waals surface area contributed by atoms with Gasteiger partial charge in [0.05, 0.1) is 10.7 Å². The van der Waals surface area contributed by atoms with Crippen molar-refractivity contribution < 1.29 is 0 Å². The van der Waals surface area contributed by atoms with Crippen LogP contribution < -0.4 is 4.90 Å². The van der Waals surface area contributed by atoms with Gasteiger partial charge in [0, 0.05) is 48.7 Å². The van der Waals surface area contributed by atoms with Crippen LogP contribution in [0.15, 0.2) is 11.6 Å². The van der Waals surface area contributed by atoms with E-state index in [1.54, 1.807) is 22.7 Å². The highest BCUT2D eigenvalue weighted by atomic mass is 32.1. The number of hydrogen-bond donors (Lipinski definition) is 0. The van der Waals surface area contributed by atoms with Crippen molar-refractivity contribution >= 4 is 27.8 Å². The van der Waals surface area contributed by atoms with Gasteiger partial charge in [-0.05, 0) is 20.8 Å². The molecule has 2 aromatic rings. The van der Waals surface area contributed by atoms with Crippen molar-refractivity contribution in [1.29, 1.82) is 0 Å². The minimum absolute atomic E-state index is 0.517. The van der Waals surface area contributed by atoms with E-state index >= 15 is 0 Å². The van der Waals surface area contributed by atoms with Gasteiger partial charge < -0.3 is 4.90 Å². The maximum atomic E-state index is 4.62. The van der Waals surface area contributed by atoms with Crippen LogP contribution in [0.2, 0.25) is 0 Å². The van der Waals surface area contributed by atoms with Crippen molar-refractivity contribution in [3.63, 3.8) is 0 Å². The first-order valence-electron chi connectivity index (χ1n) is 6.94. The lowest BCUT2D eigenvalue weighted by molar-refractivity contribution is 0.222. The predicted octanol–water partition coefficient (Wildman–Crippen LogP) is 2.93. The molecule has 1 aliphatic heterocycles. The van der Waals surface area contributed by atoms with E-state index in [1.165, 1.54) is 10.0 Å². The molecule has 0 spiro atoms. The molecule has 1 saturated heterocycles. The second-order valence-corrected chi connectivity index (χ2v) is 7.55. The highest BCUT2D eigenvalue weighted by molar-refractivity contribution is 7.13. The Bertz CT molecular complexity index is 577. The summed E-state index contributed by atoms with van der Waals surface area (Å²) in [5.74, 6) is 0. The Hall–Kier alpha value is -0.980. The van der Waals surface area contributed by atoms with Crippen molar-refractivity contribution in [2.45, 2.75) is 33.4 Å². The van der Waals surface area contributed by atoms with Crippen molar-refractivity contribution in [1.82, 2.24) is 14.9 Å². The molecule has 0 amide bonds. The summed E-state index contributed by atoms with van der Waals surface area (Å²) in [5.41, 5.74) is 1.12. The Morgan fingerprint density at radius 3 is 2.80 bits per heavy atom. The van der Waals surface area contributed by atoms with E-state index in [0.29, 0.717) is 6.04 Å². The Labute approximate surface area is 128 Å². The van der Waals surface area contributed by atoms with Gasteiger partial charge in [-0.15, -0.1) is 22.7 Å². The average molecular weight is 308 g/mol. The third kappa shape index (κ3) is 3.02. The summed E-state index contributed by atoms with van der Waals surface area (Å²) in [4.78, 5) is 15.3. The number of thiazole rings is 2. The monoisotopic (exact) mass is 308 g/mol. The molecule has 3 rings (SSSR count). The first-order chi connectivity index (χ1) is 9.61. The molecule has 0 aromatic carbocycles. The van der Waals surface area contributed by atoms with E-state index in [2.05, 4.69) is 45.9 Å². The van der Waals surface area contributed by atoms with E-state index in [1.807, 2.05) is 6.20 Å². The fourth-order valence-corrected chi connectivity index (χ4v) is 4.40. The van der Waals surface area contributed by atoms with Crippen LogP contribution >= 0.6 is 22.7 Å². The van der Waals surface area contributed by atoms with Crippen LogP contribution in [0.3, 0.4) is 0 Å². The number of aromatic nitrogens is 2. The maximum Gasteiger partial charge on any atom is 0.185 e. The Balaban J connectivity index is 1.62. The van der Waals surface area contributed by atoms with E-state index in [4.69, 9.17) is 0 Å². The molecule has 20 heavy (non-hydrogen) atoms. The van der Waals surface area contributed by atoms with Gasteiger partial charge in [-0.25, -0.2) is 9.97 Å². The summed E-state index contributed by atoms with van der Waals surface area (Å²) >= 11 is 3.56. The molecule has 1 aliphatic rings. The predicted molar refractivity (Wildman–Crippen MR) is 85.8 cm³/mol. The largest absolute Gasteiger partial charge is 0.343 e. The average Bonchev–Trinajstić information content (AvgIpc) is 2.99. The highest BCUT2D eigenvalue weighted by Crippen LogP contribution is 2.25. The van der Waals surface area contributed by atoms with Crippen LogP contribution in [0.5, 0.6) is 0 Å². The fraction of sp³-hybridized carbons (Fsp3) is 0.571. The van der Waals surface area contributed by atoms with Gasteiger partial charge in [0.15, 0.2) is 5.13 Å². The topological polar surface area (TPSA) is 32.3 Å². The van der Waals surface area contributed by atoms with Crippen LogP contribution in [-0.2, 0) is 6.54 Å². The molecule has 108 valence electrons. The third-order valence-electron chi connectivity index (χ3n) is 3.61. The molecule has 0 saturated carbocycles. The number of hydrogen-bond acceptors (Lipinski definition) is 6. The zero-order valence-corrected chi connectivity index (χ0v) is 13.8. The van der Waals surface area contributed by atoms with Crippen LogP contribution in [0.25, 0.3) is 0 Å². The second-order valence-electron chi connectivity index (χ2n) is 5.39. The van der Waals surface area contributed by atoms with Crippen LogP contribution in [0, 0.1) is 13.8 Å². The number of anilines is 1. The minimum atomic E-state index is 0.517. The maximum absolute atomic E-state index is 4.62. The summed E-state index contributed by atoms with van der Waals surface area (Å²) in [6.07, 6.45) is 2.02. The quantitative estimate of drug-likeness (QED) is 0.873.